The molecule has 4 nitrogen and oxygen atoms in total. The van der Waals surface area contributed by atoms with Gasteiger partial charge in [-0.15, -0.1) is 0 Å². The van der Waals surface area contributed by atoms with Crippen molar-refractivity contribution >= 4 is 5.82 Å². The Balaban J connectivity index is 1.89. The predicted octanol–water partition coefficient (Wildman–Crippen LogP) is 2.13. The number of nitrogen functional groups attached to an aromatic ring is 1. The lowest BCUT2D eigenvalue weighted by atomic mass is 9.94. The van der Waals surface area contributed by atoms with Crippen LogP contribution in [0.25, 0.3) is 0 Å². The van der Waals surface area contributed by atoms with Gasteiger partial charge in [0.15, 0.2) is 0 Å². The van der Waals surface area contributed by atoms with Crippen molar-refractivity contribution in [2.45, 2.75) is 44.7 Å². The molecule has 0 bridgehead atoms. The highest BCUT2D eigenvalue weighted by Crippen LogP contribution is 2.22. The third-order valence-corrected chi connectivity index (χ3v) is 3.60. The minimum absolute atomic E-state index is 0.717. The fraction of sp³-hybridized carbons (Fsp3) is 0.615. The minimum atomic E-state index is 0.717. The molecule has 0 unspecified atom stereocenters. The number of nitrogens with two attached hydrogens (primary N) is 1. The summed E-state index contributed by atoms with van der Waals surface area (Å²) >= 11 is 0. The Labute approximate surface area is 103 Å². The van der Waals surface area contributed by atoms with Crippen LogP contribution in [-0.2, 0) is 6.54 Å². The lowest BCUT2D eigenvalue weighted by Crippen LogP contribution is -2.32. The van der Waals surface area contributed by atoms with Gasteiger partial charge in [0.2, 0.25) is 0 Å². The Hall–Kier alpha value is -1.13. The van der Waals surface area contributed by atoms with Gasteiger partial charge in [0, 0.05) is 18.8 Å². The van der Waals surface area contributed by atoms with Crippen LogP contribution < -0.4 is 11.3 Å². The molecule has 0 atom stereocenters. The van der Waals surface area contributed by atoms with Gasteiger partial charge in [-0.3, -0.25) is 4.90 Å². The standard InChI is InChI=1S/C13H22N4/c1-17(12-5-3-2-4-6-12)10-11-7-8-13(16-14)15-9-11/h7-9,12H,2-6,10,14H2,1H3,(H,15,16). The number of anilines is 1. The monoisotopic (exact) mass is 234 g/mol. The second-order valence-electron chi connectivity index (χ2n) is 4.90. The summed E-state index contributed by atoms with van der Waals surface area (Å²) < 4.78 is 0. The number of nitrogens with one attached hydrogen (secondary N) is 1. The summed E-state index contributed by atoms with van der Waals surface area (Å²) in [6.45, 7) is 0.975. The summed E-state index contributed by atoms with van der Waals surface area (Å²) in [4.78, 5) is 6.68. The normalized spacial score (nSPS) is 17.4. The van der Waals surface area contributed by atoms with Crippen LogP contribution >= 0.6 is 0 Å². The van der Waals surface area contributed by atoms with E-state index < -0.39 is 0 Å². The first-order valence-corrected chi connectivity index (χ1v) is 6.41. The first-order chi connectivity index (χ1) is 8.29. The average molecular weight is 234 g/mol. The number of nitrogens with zero attached hydrogens (tertiary/aromatic N) is 2. The van der Waals surface area contributed by atoms with Gasteiger partial charge in [0.05, 0.1) is 0 Å². The van der Waals surface area contributed by atoms with Crippen LogP contribution in [0.15, 0.2) is 18.3 Å². The molecule has 0 saturated heterocycles. The van der Waals surface area contributed by atoms with Crippen LogP contribution in [0, 0.1) is 0 Å². The summed E-state index contributed by atoms with van der Waals surface area (Å²) in [6, 6.07) is 4.75. The molecule has 1 aliphatic carbocycles. The lowest BCUT2D eigenvalue weighted by molar-refractivity contribution is 0.184. The zero-order chi connectivity index (χ0) is 12.1. The third-order valence-electron chi connectivity index (χ3n) is 3.60. The van der Waals surface area contributed by atoms with Crippen molar-refractivity contribution in [1.82, 2.24) is 9.88 Å². The Morgan fingerprint density at radius 3 is 2.71 bits per heavy atom. The molecular weight excluding hydrogens is 212 g/mol. The largest absolute Gasteiger partial charge is 0.308 e. The number of hydrazine groups is 1. The molecule has 1 heterocycles. The fourth-order valence-electron chi connectivity index (χ4n) is 2.54. The zero-order valence-electron chi connectivity index (χ0n) is 10.5. The van der Waals surface area contributed by atoms with E-state index in [9.17, 15) is 0 Å². The lowest BCUT2D eigenvalue weighted by Gasteiger charge is -2.31. The van der Waals surface area contributed by atoms with Crippen molar-refractivity contribution in [1.29, 1.82) is 0 Å². The van der Waals surface area contributed by atoms with Crippen molar-refractivity contribution in [3.63, 3.8) is 0 Å². The molecule has 2 rings (SSSR count). The molecule has 1 aromatic rings. The van der Waals surface area contributed by atoms with Gasteiger partial charge in [-0.2, -0.15) is 0 Å². The van der Waals surface area contributed by atoms with E-state index in [1.807, 2.05) is 12.3 Å². The van der Waals surface area contributed by atoms with Gasteiger partial charge < -0.3 is 5.43 Å². The Bertz CT molecular complexity index is 330. The smallest absolute Gasteiger partial charge is 0.139 e. The predicted molar refractivity (Wildman–Crippen MR) is 70.4 cm³/mol. The van der Waals surface area contributed by atoms with E-state index in [4.69, 9.17) is 5.84 Å². The van der Waals surface area contributed by atoms with Crippen LogP contribution in [0.4, 0.5) is 5.82 Å². The maximum atomic E-state index is 5.30. The van der Waals surface area contributed by atoms with Crippen molar-refractivity contribution in [3.8, 4) is 0 Å². The first-order valence-electron chi connectivity index (χ1n) is 6.41. The highest BCUT2D eigenvalue weighted by Gasteiger charge is 2.17. The molecule has 17 heavy (non-hydrogen) atoms. The summed E-state index contributed by atoms with van der Waals surface area (Å²) in [5.74, 6) is 6.01. The Morgan fingerprint density at radius 1 is 1.35 bits per heavy atom. The van der Waals surface area contributed by atoms with Crippen LogP contribution in [-0.4, -0.2) is 23.0 Å². The van der Waals surface area contributed by atoms with Crippen LogP contribution in [0.2, 0.25) is 0 Å². The first kappa shape index (κ1) is 12.3. The summed E-state index contributed by atoms with van der Waals surface area (Å²) in [5, 5.41) is 0. The molecule has 0 aliphatic heterocycles. The van der Waals surface area contributed by atoms with Gasteiger partial charge in [-0.25, -0.2) is 10.8 Å². The summed E-state index contributed by atoms with van der Waals surface area (Å²) in [5.41, 5.74) is 3.79. The highest BCUT2D eigenvalue weighted by molar-refractivity contribution is 5.33. The Morgan fingerprint density at radius 2 is 2.12 bits per heavy atom. The van der Waals surface area contributed by atoms with E-state index in [0.717, 1.165) is 12.6 Å². The second kappa shape index (κ2) is 5.98. The molecule has 0 aromatic carbocycles. The van der Waals surface area contributed by atoms with Crippen molar-refractivity contribution in [2.24, 2.45) is 5.84 Å². The summed E-state index contributed by atoms with van der Waals surface area (Å²) in [7, 11) is 2.21. The molecule has 1 aromatic heterocycles. The van der Waals surface area contributed by atoms with Crippen LogP contribution in [0.5, 0.6) is 0 Å². The number of hydrogen-bond donors (Lipinski definition) is 2. The van der Waals surface area contributed by atoms with E-state index in [1.54, 1.807) is 0 Å². The third kappa shape index (κ3) is 3.41. The van der Waals surface area contributed by atoms with Gasteiger partial charge in [0.1, 0.15) is 5.82 Å². The van der Waals surface area contributed by atoms with Crippen molar-refractivity contribution in [2.75, 3.05) is 12.5 Å². The van der Waals surface area contributed by atoms with E-state index in [2.05, 4.69) is 28.4 Å². The van der Waals surface area contributed by atoms with E-state index in [0.29, 0.717) is 5.82 Å². The molecule has 3 N–H and O–H groups in total. The topological polar surface area (TPSA) is 54.2 Å². The number of pyridine rings is 1. The van der Waals surface area contributed by atoms with Gasteiger partial charge in [-0.1, -0.05) is 25.3 Å². The SMILES string of the molecule is CN(Cc1ccc(NN)nc1)C1CCCCC1. The molecule has 94 valence electrons. The van der Waals surface area contributed by atoms with Crippen molar-refractivity contribution < 1.29 is 0 Å². The van der Waals surface area contributed by atoms with E-state index >= 15 is 0 Å². The molecule has 1 saturated carbocycles. The number of rotatable bonds is 4. The minimum Gasteiger partial charge on any atom is -0.308 e. The molecule has 0 spiro atoms. The maximum absolute atomic E-state index is 5.30. The van der Waals surface area contributed by atoms with Gasteiger partial charge in [0.25, 0.3) is 0 Å². The molecule has 0 amide bonds. The quantitative estimate of drug-likeness (QED) is 0.619. The number of aromatic nitrogens is 1. The summed E-state index contributed by atoms with van der Waals surface area (Å²) in [6.07, 6.45) is 8.74. The zero-order valence-corrected chi connectivity index (χ0v) is 10.5. The maximum Gasteiger partial charge on any atom is 0.139 e. The fourth-order valence-corrected chi connectivity index (χ4v) is 2.54. The van der Waals surface area contributed by atoms with E-state index in [1.165, 1.54) is 37.7 Å². The van der Waals surface area contributed by atoms with Gasteiger partial charge in [-0.05, 0) is 31.5 Å². The molecule has 1 aliphatic rings. The molecule has 0 radical (unpaired) electrons. The van der Waals surface area contributed by atoms with Crippen LogP contribution in [0.3, 0.4) is 0 Å². The molecule has 4 heteroatoms. The molecular formula is C13H22N4. The van der Waals surface area contributed by atoms with Gasteiger partial charge >= 0.3 is 0 Å². The average Bonchev–Trinajstić information content (AvgIpc) is 2.40. The number of hydrogen-bond acceptors (Lipinski definition) is 4. The molecule has 1 fully saturated rings. The van der Waals surface area contributed by atoms with Crippen LogP contribution in [0.1, 0.15) is 37.7 Å². The highest BCUT2D eigenvalue weighted by atomic mass is 15.2. The van der Waals surface area contributed by atoms with Crippen molar-refractivity contribution in [3.05, 3.63) is 23.9 Å². The second-order valence-corrected chi connectivity index (χ2v) is 4.90. The van der Waals surface area contributed by atoms with E-state index in [-0.39, 0.29) is 0 Å². The Kier molecular flexibility index (Phi) is 4.34.